The van der Waals surface area contributed by atoms with Crippen LogP contribution in [0.1, 0.15) is 5.56 Å². The van der Waals surface area contributed by atoms with E-state index in [0.29, 0.717) is 17.3 Å². The second-order valence-corrected chi connectivity index (χ2v) is 9.80. The number of ether oxygens (including phenoxy) is 1. The van der Waals surface area contributed by atoms with Crippen LogP contribution >= 0.6 is 23.4 Å². The van der Waals surface area contributed by atoms with Crippen molar-refractivity contribution in [3.8, 4) is 5.75 Å². The molecule has 28 heavy (non-hydrogen) atoms. The molecule has 2 aromatic carbocycles. The highest BCUT2D eigenvalue weighted by atomic mass is 35.5. The number of hydrogen-bond donors (Lipinski definition) is 1. The number of carbonyl (C=O) groups excluding carboxylic acids is 1. The van der Waals surface area contributed by atoms with Gasteiger partial charge in [0.1, 0.15) is 5.75 Å². The Morgan fingerprint density at radius 1 is 1.14 bits per heavy atom. The van der Waals surface area contributed by atoms with E-state index in [0.717, 1.165) is 22.5 Å². The van der Waals surface area contributed by atoms with Crippen LogP contribution in [0.5, 0.6) is 5.75 Å². The van der Waals surface area contributed by atoms with Crippen LogP contribution in [0.2, 0.25) is 5.02 Å². The fourth-order valence-electron chi connectivity index (χ4n) is 2.16. The maximum atomic E-state index is 11.9. The first-order valence-corrected chi connectivity index (χ1v) is 11.7. The van der Waals surface area contributed by atoms with Crippen LogP contribution in [-0.4, -0.2) is 50.8 Å². The molecule has 2 aromatic rings. The van der Waals surface area contributed by atoms with E-state index >= 15 is 0 Å². The molecule has 1 N–H and O–H groups in total. The van der Waals surface area contributed by atoms with Gasteiger partial charge >= 0.3 is 0 Å². The van der Waals surface area contributed by atoms with Crippen LogP contribution in [0.3, 0.4) is 0 Å². The molecule has 0 radical (unpaired) electrons. The Hall–Kier alpha value is -1.74. The molecule has 9 heteroatoms. The van der Waals surface area contributed by atoms with Gasteiger partial charge in [0, 0.05) is 35.8 Å². The lowest BCUT2D eigenvalue weighted by molar-refractivity contribution is -0.122. The van der Waals surface area contributed by atoms with Crippen molar-refractivity contribution in [2.75, 3.05) is 32.2 Å². The van der Waals surface area contributed by atoms with E-state index in [1.807, 2.05) is 24.3 Å². The standard InChI is InChI=1S/C19H23ClN2O4S2/c1-22(28(2,24)25)13-15-3-7-17(8-4-15)26-14-19(23)21-11-12-27-18-9-5-16(20)6-10-18/h3-10H,11-14H2,1-2H3,(H,21,23). The van der Waals surface area contributed by atoms with E-state index in [1.165, 1.54) is 11.4 Å². The molecule has 0 aliphatic rings. The van der Waals surface area contributed by atoms with Crippen molar-refractivity contribution >= 4 is 39.3 Å². The topological polar surface area (TPSA) is 75.7 Å². The number of hydrogen-bond acceptors (Lipinski definition) is 5. The summed E-state index contributed by atoms with van der Waals surface area (Å²) in [5.74, 6) is 1.10. The van der Waals surface area contributed by atoms with Gasteiger partial charge in [-0.25, -0.2) is 12.7 Å². The van der Waals surface area contributed by atoms with Crippen LogP contribution in [0.25, 0.3) is 0 Å². The summed E-state index contributed by atoms with van der Waals surface area (Å²) in [6.07, 6.45) is 1.16. The zero-order valence-electron chi connectivity index (χ0n) is 15.7. The van der Waals surface area contributed by atoms with Crippen molar-refractivity contribution in [3.05, 3.63) is 59.1 Å². The molecule has 0 fully saturated rings. The number of thioether (sulfide) groups is 1. The van der Waals surface area contributed by atoms with E-state index in [-0.39, 0.29) is 19.1 Å². The zero-order valence-corrected chi connectivity index (χ0v) is 18.1. The molecular formula is C19H23ClN2O4S2. The van der Waals surface area contributed by atoms with Crippen molar-refractivity contribution in [2.45, 2.75) is 11.4 Å². The molecule has 152 valence electrons. The summed E-state index contributed by atoms with van der Waals surface area (Å²) in [5.41, 5.74) is 0.837. The van der Waals surface area contributed by atoms with Gasteiger partial charge in [-0.1, -0.05) is 23.7 Å². The Bertz CT molecular complexity index is 872. The van der Waals surface area contributed by atoms with E-state index in [2.05, 4.69) is 5.32 Å². The van der Waals surface area contributed by atoms with Crippen molar-refractivity contribution in [3.63, 3.8) is 0 Å². The van der Waals surface area contributed by atoms with Gasteiger partial charge < -0.3 is 10.1 Å². The van der Waals surface area contributed by atoms with E-state index in [1.54, 1.807) is 36.0 Å². The first-order valence-electron chi connectivity index (χ1n) is 8.52. The summed E-state index contributed by atoms with van der Waals surface area (Å²) in [6.45, 7) is 0.741. The van der Waals surface area contributed by atoms with Gasteiger partial charge in [0.25, 0.3) is 5.91 Å². The summed E-state index contributed by atoms with van der Waals surface area (Å²) in [7, 11) is -1.70. The third kappa shape index (κ3) is 8.10. The zero-order chi connectivity index (χ0) is 20.6. The lowest BCUT2D eigenvalue weighted by Gasteiger charge is -2.14. The van der Waals surface area contributed by atoms with Crippen molar-refractivity contribution < 1.29 is 17.9 Å². The Morgan fingerprint density at radius 2 is 1.79 bits per heavy atom. The minimum absolute atomic E-state index is 0.0752. The molecule has 0 saturated heterocycles. The minimum atomic E-state index is -3.22. The summed E-state index contributed by atoms with van der Waals surface area (Å²) in [6, 6.07) is 14.5. The molecule has 0 saturated carbocycles. The third-order valence-electron chi connectivity index (χ3n) is 3.77. The molecule has 0 heterocycles. The number of rotatable bonds is 10. The lowest BCUT2D eigenvalue weighted by atomic mass is 10.2. The maximum Gasteiger partial charge on any atom is 0.257 e. The van der Waals surface area contributed by atoms with Gasteiger partial charge in [0.2, 0.25) is 10.0 Å². The van der Waals surface area contributed by atoms with Crippen LogP contribution in [-0.2, 0) is 21.4 Å². The predicted molar refractivity (Wildman–Crippen MR) is 113 cm³/mol. The molecule has 2 rings (SSSR count). The van der Waals surface area contributed by atoms with E-state index < -0.39 is 10.0 Å². The molecule has 1 amide bonds. The molecule has 0 unspecified atom stereocenters. The quantitative estimate of drug-likeness (QED) is 0.452. The first-order chi connectivity index (χ1) is 13.2. The highest BCUT2D eigenvalue weighted by molar-refractivity contribution is 7.99. The Kier molecular flexibility index (Phi) is 8.62. The molecule has 0 aromatic heterocycles. The Balaban J connectivity index is 1.67. The number of amides is 1. The number of nitrogens with one attached hydrogen (secondary N) is 1. The van der Waals surface area contributed by atoms with Gasteiger partial charge in [-0.05, 0) is 42.0 Å². The fraction of sp³-hybridized carbons (Fsp3) is 0.316. The molecule has 0 atom stereocenters. The van der Waals surface area contributed by atoms with E-state index in [4.69, 9.17) is 16.3 Å². The van der Waals surface area contributed by atoms with E-state index in [9.17, 15) is 13.2 Å². The average molecular weight is 443 g/mol. The summed E-state index contributed by atoms with van der Waals surface area (Å²) >= 11 is 7.47. The smallest absolute Gasteiger partial charge is 0.257 e. The molecule has 0 bridgehead atoms. The predicted octanol–water partition coefficient (Wildman–Crippen LogP) is 3.02. The molecule has 0 aliphatic carbocycles. The summed E-state index contributed by atoms with van der Waals surface area (Å²) < 4.78 is 29.6. The van der Waals surface area contributed by atoms with Gasteiger partial charge in [-0.2, -0.15) is 0 Å². The molecule has 0 aliphatic heterocycles. The molecular weight excluding hydrogens is 420 g/mol. The maximum absolute atomic E-state index is 11.9. The van der Waals surface area contributed by atoms with Crippen LogP contribution in [0.15, 0.2) is 53.4 Å². The second-order valence-electron chi connectivity index (χ2n) is 6.10. The van der Waals surface area contributed by atoms with Gasteiger partial charge in [0.15, 0.2) is 6.61 Å². The SMILES string of the molecule is CN(Cc1ccc(OCC(=O)NCCSc2ccc(Cl)cc2)cc1)S(C)(=O)=O. The lowest BCUT2D eigenvalue weighted by Crippen LogP contribution is -2.30. The average Bonchev–Trinajstić information content (AvgIpc) is 2.65. The number of carbonyl (C=O) groups is 1. The van der Waals surface area contributed by atoms with Crippen molar-refractivity contribution in [1.82, 2.24) is 9.62 Å². The molecule has 6 nitrogen and oxygen atoms in total. The third-order valence-corrected chi connectivity index (χ3v) is 6.30. The van der Waals surface area contributed by atoms with Crippen LogP contribution < -0.4 is 10.1 Å². The van der Waals surface area contributed by atoms with Gasteiger partial charge in [-0.3, -0.25) is 4.79 Å². The fourth-order valence-corrected chi connectivity index (χ4v) is 3.43. The normalized spacial score (nSPS) is 11.4. The van der Waals surface area contributed by atoms with Crippen LogP contribution in [0, 0.1) is 0 Å². The monoisotopic (exact) mass is 442 g/mol. The molecule has 0 spiro atoms. The number of benzene rings is 2. The summed E-state index contributed by atoms with van der Waals surface area (Å²) in [4.78, 5) is 13.0. The summed E-state index contributed by atoms with van der Waals surface area (Å²) in [5, 5.41) is 3.50. The number of halogens is 1. The van der Waals surface area contributed by atoms with Gasteiger partial charge in [-0.15, -0.1) is 11.8 Å². The van der Waals surface area contributed by atoms with Gasteiger partial charge in [0.05, 0.1) is 6.26 Å². The van der Waals surface area contributed by atoms with Crippen LogP contribution in [0.4, 0.5) is 0 Å². The van der Waals surface area contributed by atoms with Crippen molar-refractivity contribution in [1.29, 1.82) is 0 Å². The number of nitrogens with zero attached hydrogens (tertiary/aromatic N) is 1. The second kappa shape index (κ2) is 10.7. The minimum Gasteiger partial charge on any atom is -0.484 e. The Labute approximate surface area is 175 Å². The first kappa shape index (κ1) is 22.5. The number of sulfonamides is 1. The highest BCUT2D eigenvalue weighted by Gasteiger charge is 2.11. The Morgan fingerprint density at radius 3 is 2.39 bits per heavy atom. The largest absolute Gasteiger partial charge is 0.484 e. The highest BCUT2D eigenvalue weighted by Crippen LogP contribution is 2.19. The van der Waals surface area contributed by atoms with Crippen molar-refractivity contribution in [2.24, 2.45) is 0 Å².